The Morgan fingerprint density at radius 2 is 1.77 bits per heavy atom. The largest absolute Gasteiger partial charge is 0.493 e. The van der Waals surface area contributed by atoms with E-state index in [1.807, 2.05) is 61.5 Å². The average molecular weight is 436 g/mol. The third kappa shape index (κ3) is 6.06. The number of esters is 1. The highest BCUT2D eigenvalue weighted by molar-refractivity contribution is 7.20. The van der Waals surface area contributed by atoms with Gasteiger partial charge in [0.2, 0.25) is 5.91 Å². The first kappa shape index (κ1) is 22.3. The Morgan fingerprint density at radius 3 is 2.52 bits per heavy atom. The van der Waals surface area contributed by atoms with Crippen LogP contribution in [-0.4, -0.2) is 25.1 Å². The van der Waals surface area contributed by atoms with Gasteiger partial charge in [-0.1, -0.05) is 55.5 Å². The van der Waals surface area contributed by atoms with Crippen molar-refractivity contribution in [2.75, 3.05) is 18.5 Å². The van der Waals surface area contributed by atoms with Crippen molar-refractivity contribution in [3.8, 4) is 16.2 Å². The van der Waals surface area contributed by atoms with Crippen LogP contribution in [0.4, 0.5) is 5.00 Å². The molecule has 0 fully saturated rings. The fourth-order valence-corrected chi connectivity index (χ4v) is 3.92. The summed E-state index contributed by atoms with van der Waals surface area (Å²) in [6, 6.07) is 19.0. The van der Waals surface area contributed by atoms with Gasteiger partial charge in [0, 0.05) is 16.5 Å². The summed E-state index contributed by atoms with van der Waals surface area (Å²) in [7, 11) is 0. The maximum atomic E-state index is 12.6. The summed E-state index contributed by atoms with van der Waals surface area (Å²) >= 11 is 1.34. The molecule has 0 aliphatic carbocycles. The second-order valence-electron chi connectivity index (χ2n) is 6.65. The van der Waals surface area contributed by atoms with Gasteiger partial charge in [-0.05, 0) is 37.1 Å². The molecule has 0 spiro atoms. The van der Waals surface area contributed by atoms with Crippen LogP contribution in [0.3, 0.4) is 0 Å². The first-order valence-electron chi connectivity index (χ1n) is 10.2. The molecule has 3 rings (SSSR count). The number of rotatable bonds is 9. The molecule has 0 aliphatic rings. The quantitative estimate of drug-likeness (QED) is 0.329. The van der Waals surface area contributed by atoms with E-state index in [0.717, 1.165) is 28.2 Å². The number of anilines is 1. The lowest BCUT2D eigenvalue weighted by Gasteiger charge is -2.07. The zero-order chi connectivity index (χ0) is 22.1. The molecule has 1 heterocycles. The number of nitrogens with one attached hydrogen (secondary N) is 1. The van der Waals surface area contributed by atoms with E-state index in [4.69, 9.17) is 9.47 Å². The van der Waals surface area contributed by atoms with E-state index in [-0.39, 0.29) is 12.5 Å². The summed E-state index contributed by atoms with van der Waals surface area (Å²) in [4.78, 5) is 25.9. The Morgan fingerprint density at radius 1 is 1.03 bits per heavy atom. The molecule has 1 amide bonds. The monoisotopic (exact) mass is 435 g/mol. The molecule has 6 heteroatoms. The van der Waals surface area contributed by atoms with E-state index in [2.05, 4.69) is 5.32 Å². The van der Waals surface area contributed by atoms with E-state index < -0.39 is 5.97 Å². The third-order valence-corrected chi connectivity index (χ3v) is 5.42. The summed E-state index contributed by atoms with van der Waals surface area (Å²) in [5.41, 5.74) is 2.13. The van der Waals surface area contributed by atoms with Gasteiger partial charge < -0.3 is 14.8 Å². The highest BCUT2D eigenvalue weighted by Crippen LogP contribution is 2.36. The van der Waals surface area contributed by atoms with Gasteiger partial charge in [0.25, 0.3) is 0 Å². The van der Waals surface area contributed by atoms with E-state index in [1.165, 1.54) is 17.4 Å². The van der Waals surface area contributed by atoms with Gasteiger partial charge in [-0.2, -0.15) is 0 Å². The maximum Gasteiger partial charge on any atom is 0.341 e. The summed E-state index contributed by atoms with van der Waals surface area (Å²) in [5, 5.41) is 3.28. The fourth-order valence-electron chi connectivity index (χ4n) is 2.87. The lowest BCUT2D eigenvalue weighted by atomic mass is 10.1. The SMILES string of the molecule is CCCOc1ccccc1/C=C/C(=O)Nc1sc(-c2ccccc2)cc1C(=O)OCC. The molecule has 160 valence electrons. The number of para-hydroxylation sites is 1. The Hall–Kier alpha value is -3.38. The van der Waals surface area contributed by atoms with Gasteiger partial charge in [0.05, 0.1) is 18.8 Å². The summed E-state index contributed by atoms with van der Waals surface area (Å²) in [6.45, 7) is 4.66. The minimum Gasteiger partial charge on any atom is -0.493 e. The van der Waals surface area contributed by atoms with Crippen molar-refractivity contribution in [3.05, 3.63) is 77.9 Å². The van der Waals surface area contributed by atoms with Crippen molar-refractivity contribution < 1.29 is 19.1 Å². The smallest absolute Gasteiger partial charge is 0.341 e. The molecule has 31 heavy (non-hydrogen) atoms. The predicted octanol–water partition coefficient (Wildman–Crippen LogP) is 6.03. The molecule has 0 saturated heterocycles. The van der Waals surface area contributed by atoms with Crippen LogP contribution in [0.1, 0.15) is 36.2 Å². The van der Waals surface area contributed by atoms with E-state index in [9.17, 15) is 9.59 Å². The Balaban J connectivity index is 1.81. The zero-order valence-corrected chi connectivity index (χ0v) is 18.4. The molecule has 0 unspecified atom stereocenters. The van der Waals surface area contributed by atoms with Gasteiger partial charge in [-0.15, -0.1) is 11.3 Å². The number of thiophene rings is 1. The number of hydrogen-bond acceptors (Lipinski definition) is 5. The van der Waals surface area contributed by atoms with Crippen LogP contribution in [0.5, 0.6) is 5.75 Å². The molecule has 1 N–H and O–H groups in total. The van der Waals surface area contributed by atoms with Crippen molar-refractivity contribution in [3.63, 3.8) is 0 Å². The van der Waals surface area contributed by atoms with Crippen molar-refractivity contribution in [2.24, 2.45) is 0 Å². The summed E-state index contributed by atoms with van der Waals surface area (Å²) in [5.74, 6) is -0.0704. The highest BCUT2D eigenvalue weighted by atomic mass is 32.1. The minimum absolute atomic E-state index is 0.261. The van der Waals surface area contributed by atoms with Crippen LogP contribution >= 0.6 is 11.3 Å². The first-order chi connectivity index (χ1) is 15.1. The molecular weight excluding hydrogens is 410 g/mol. The molecule has 0 saturated carbocycles. The van der Waals surface area contributed by atoms with Crippen LogP contribution < -0.4 is 10.1 Å². The molecule has 0 atom stereocenters. The molecule has 0 bridgehead atoms. The number of hydrogen-bond donors (Lipinski definition) is 1. The summed E-state index contributed by atoms with van der Waals surface area (Å²) < 4.78 is 10.9. The molecule has 0 aliphatic heterocycles. The number of carbonyl (C=O) groups is 2. The number of amides is 1. The second kappa shape index (κ2) is 11.1. The first-order valence-corrected chi connectivity index (χ1v) is 11.0. The lowest BCUT2D eigenvalue weighted by molar-refractivity contribution is -0.111. The van der Waals surface area contributed by atoms with E-state index >= 15 is 0 Å². The second-order valence-corrected chi connectivity index (χ2v) is 7.70. The normalized spacial score (nSPS) is 10.8. The van der Waals surface area contributed by atoms with Gasteiger partial charge >= 0.3 is 5.97 Å². The summed E-state index contributed by atoms with van der Waals surface area (Å²) in [6.07, 6.45) is 4.04. The van der Waals surface area contributed by atoms with Crippen molar-refractivity contribution in [1.29, 1.82) is 0 Å². The topological polar surface area (TPSA) is 64.6 Å². The third-order valence-electron chi connectivity index (χ3n) is 4.32. The number of ether oxygens (including phenoxy) is 2. The van der Waals surface area contributed by atoms with Crippen molar-refractivity contribution in [2.45, 2.75) is 20.3 Å². The predicted molar refractivity (Wildman–Crippen MR) is 126 cm³/mol. The molecule has 2 aromatic carbocycles. The highest BCUT2D eigenvalue weighted by Gasteiger charge is 2.19. The van der Waals surface area contributed by atoms with Gasteiger partial charge in [0.15, 0.2) is 0 Å². The van der Waals surface area contributed by atoms with E-state index in [1.54, 1.807) is 19.1 Å². The van der Waals surface area contributed by atoms with Crippen LogP contribution in [0.2, 0.25) is 0 Å². The fraction of sp³-hybridized carbons (Fsp3) is 0.200. The molecular formula is C25H25NO4S. The Bertz CT molecular complexity index is 1060. The molecule has 5 nitrogen and oxygen atoms in total. The van der Waals surface area contributed by atoms with Gasteiger partial charge in [-0.25, -0.2) is 4.79 Å². The van der Waals surface area contributed by atoms with Crippen LogP contribution in [-0.2, 0) is 9.53 Å². The van der Waals surface area contributed by atoms with Crippen molar-refractivity contribution in [1.82, 2.24) is 0 Å². The van der Waals surface area contributed by atoms with Crippen LogP contribution in [0.25, 0.3) is 16.5 Å². The van der Waals surface area contributed by atoms with Crippen LogP contribution in [0, 0.1) is 0 Å². The number of benzene rings is 2. The minimum atomic E-state index is -0.460. The maximum absolute atomic E-state index is 12.6. The Labute approximate surface area is 186 Å². The van der Waals surface area contributed by atoms with Gasteiger partial charge in [0.1, 0.15) is 10.8 Å². The van der Waals surface area contributed by atoms with Gasteiger partial charge in [-0.3, -0.25) is 4.79 Å². The lowest BCUT2D eigenvalue weighted by Crippen LogP contribution is -2.11. The van der Waals surface area contributed by atoms with Crippen LogP contribution in [0.15, 0.2) is 66.7 Å². The molecule has 3 aromatic rings. The zero-order valence-electron chi connectivity index (χ0n) is 17.6. The van der Waals surface area contributed by atoms with E-state index in [0.29, 0.717) is 17.2 Å². The number of carbonyl (C=O) groups excluding carboxylic acids is 2. The molecule has 0 radical (unpaired) electrons. The standard InChI is InChI=1S/C25H25NO4S/c1-3-16-30-21-13-9-8-10-18(21)14-15-23(27)26-24-20(25(28)29-4-2)17-22(31-24)19-11-6-5-7-12-19/h5-15,17H,3-4,16H2,1-2H3,(H,26,27)/b15-14+. The van der Waals surface area contributed by atoms with Crippen molar-refractivity contribution >= 4 is 34.3 Å². The average Bonchev–Trinajstić information content (AvgIpc) is 3.21. The Kier molecular flexibility index (Phi) is 8.01. The molecule has 1 aromatic heterocycles.